The molecule has 0 radical (unpaired) electrons. The molecule has 1 fully saturated rings. The van der Waals surface area contributed by atoms with Gasteiger partial charge < -0.3 is 19.7 Å². The average Bonchev–Trinajstić information content (AvgIpc) is 3.13. The monoisotopic (exact) mass is 448 g/mol. The van der Waals surface area contributed by atoms with Gasteiger partial charge in [-0.15, -0.1) is 0 Å². The molecule has 9 heteroatoms. The summed E-state index contributed by atoms with van der Waals surface area (Å²) in [5.41, 5.74) is 2.54. The highest BCUT2D eigenvalue weighted by molar-refractivity contribution is 5.94. The van der Waals surface area contributed by atoms with Crippen LogP contribution in [0.25, 0.3) is 0 Å². The van der Waals surface area contributed by atoms with E-state index >= 15 is 0 Å². The lowest BCUT2D eigenvalue weighted by molar-refractivity contribution is -0.151. The first kappa shape index (κ1) is 24.2. The number of hydrogen-bond acceptors (Lipinski definition) is 6. The number of amides is 2. The fraction of sp³-hybridized carbons (Fsp3) is 0.739. The Labute approximate surface area is 189 Å². The highest BCUT2D eigenvalue weighted by Crippen LogP contribution is 2.21. The number of aromatic nitrogens is 2. The van der Waals surface area contributed by atoms with Crippen LogP contribution in [0.2, 0.25) is 0 Å². The second-order valence-electron chi connectivity index (χ2n) is 8.47. The number of piperidine rings is 1. The van der Waals surface area contributed by atoms with Crippen molar-refractivity contribution in [1.82, 2.24) is 20.0 Å². The predicted octanol–water partition coefficient (Wildman–Crippen LogP) is 1.72. The summed E-state index contributed by atoms with van der Waals surface area (Å²) in [6.07, 6.45) is 5.01. The first-order valence-corrected chi connectivity index (χ1v) is 11.9. The van der Waals surface area contributed by atoms with Crippen molar-refractivity contribution < 1.29 is 23.9 Å². The Bertz CT molecular complexity index is 799. The lowest BCUT2D eigenvalue weighted by Gasteiger charge is -2.30. The van der Waals surface area contributed by atoms with E-state index < -0.39 is 0 Å². The standard InChI is InChI=1S/C23H36N4O5/c1-3-27-21-19(7-4-14-31-15-6-11-24-22(21)29)20(25-27)8-5-16-32-23(30)18-9-12-26(13-10-18)17(2)28/h18H,3-16H2,1-2H3,(H,24,29). The van der Waals surface area contributed by atoms with Gasteiger partial charge in [-0.05, 0) is 51.9 Å². The minimum absolute atomic E-state index is 0.0559. The normalized spacial score (nSPS) is 18.4. The topological polar surface area (TPSA) is 103 Å². The molecular formula is C23H36N4O5. The van der Waals surface area contributed by atoms with Gasteiger partial charge in [0.2, 0.25) is 5.91 Å². The molecule has 2 aliphatic rings. The van der Waals surface area contributed by atoms with Crippen molar-refractivity contribution >= 4 is 17.8 Å². The van der Waals surface area contributed by atoms with Crippen molar-refractivity contribution in [2.24, 2.45) is 5.92 Å². The fourth-order valence-electron chi connectivity index (χ4n) is 4.37. The molecule has 0 bridgehead atoms. The van der Waals surface area contributed by atoms with E-state index in [0.29, 0.717) is 77.4 Å². The quantitative estimate of drug-likeness (QED) is 0.525. The van der Waals surface area contributed by atoms with Gasteiger partial charge in [0.25, 0.3) is 5.91 Å². The van der Waals surface area contributed by atoms with E-state index in [1.807, 2.05) is 6.92 Å². The van der Waals surface area contributed by atoms with Crippen LogP contribution >= 0.6 is 0 Å². The molecule has 1 saturated heterocycles. The number of ether oxygens (including phenoxy) is 2. The van der Waals surface area contributed by atoms with Crippen LogP contribution < -0.4 is 5.32 Å². The van der Waals surface area contributed by atoms with E-state index in [1.54, 1.807) is 16.5 Å². The summed E-state index contributed by atoms with van der Waals surface area (Å²) in [5, 5.41) is 7.68. The minimum atomic E-state index is -0.178. The van der Waals surface area contributed by atoms with Gasteiger partial charge in [0.05, 0.1) is 18.2 Å². The second-order valence-corrected chi connectivity index (χ2v) is 8.47. The van der Waals surface area contributed by atoms with E-state index in [-0.39, 0.29) is 23.7 Å². The number of carbonyl (C=O) groups is 3. The van der Waals surface area contributed by atoms with E-state index in [4.69, 9.17) is 14.6 Å². The SMILES string of the molecule is CCn1nc(CCCOC(=O)C2CCN(C(C)=O)CC2)c2c1C(=O)NCCCOCCC2. The number of likely N-dealkylation sites (tertiary alicyclic amines) is 1. The number of rotatable bonds is 6. The number of carbonyl (C=O) groups excluding carboxylic acids is 3. The smallest absolute Gasteiger partial charge is 0.309 e. The molecular weight excluding hydrogens is 412 g/mol. The highest BCUT2D eigenvalue weighted by Gasteiger charge is 2.27. The third-order valence-electron chi connectivity index (χ3n) is 6.19. The van der Waals surface area contributed by atoms with Crippen LogP contribution in [0.5, 0.6) is 0 Å². The average molecular weight is 449 g/mol. The van der Waals surface area contributed by atoms with E-state index in [1.165, 1.54) is 0 Å². The molecule has 0 atom stereocenters. The second kappa shape index (κ2) is 12.0. The molecule has 0 spiro atoms. The lowest BCUT2D eigenvalue weighted by atomic mass is 9.97. The van der Waals surface area contributed by atoms with Gasteiger partial charge in [-0.25, -0.2) is 0 Å². The van der Waals surface area contributed by atoms with Crippen LogP contribution in [0.4, 0.5) is 0 Å². The van der Waals surface area contributed by atoms with Crippen molar-refractivity contribution in [3.8, 4) is 0 Å². The van der Waals surface area contributed by atoms with Crippen LogP contribution in [0.1, 0.15) is 67.7 Å². The predicted molar refractivity (Wildman–Crippen MR) is 118 cm³/mol. The molecule has 0 aliphatic carbocycles. The molecule has 32 heavy (non-hydrogen) atoms. The maximum absolute atomic E-state index is 12.8. The molecule has 1 aromatic rings. The Balaban J connectivity index is 1.55. The molecule has 2 aliphatic heterocycles. The van der Waals surface area contributed by atoms with Crippen molar-refractivity contribution in [3.63, 3.8) is 0 Å². The van der Waals surface area contributed by atoms with Gasteiger partial charge in [-0.2, -0.15) is 5.10 Å². The summed E-state index contributed by atoms with van der Waals surface area (Å²) in [5.74, 6) is -0.334. The van der Waals surface area contributed by atoms with Crippen molar-refractivity contribution in [2.75, 3.05) is 39.5 Å². The fourth-order valence-corrected chi connectivity index (χ4v) is 4.37. The van der Waals surface area contributed by atoms with Crippen LogP contribution in [-0.4, -0.2) is 71.9 Å². The minimum Gasteiger partial charge on any atom is -0.465 e. The maximum Gasteiger partial charge on any atom is 0.309 e. The van der Waals surface area contributed by atoms with Crippen molar-refractivity contribution in [3.05, 3.63) is 17.0 Å². The molecule has 3 rings (SSSR count). The Morgan fingerprint density at radius 2 is 1.97 bits per heavy atom. The summed E-state index contributed by atoms with van der Waals surface area (Å²) in [6, 6.07) is 0. The Hall–Kier alpha value is -2.42. The summed E-state index contributed by atoms with van der Waals surface area (Å²) >= 11 is 0. The zero-order valence-electron chi connectivity index (χ0n) is 19.4. The maximum atomic E-state index is 12.8. The molecule has 1 aromatic heterocycles. The first-order chi connectivity index (χ1) is 15.5. The third kappa shape index (κ3) is 6.31. The number of aryl methyl sites for hydroxylation is 2. The van der Waals surface area contributed by atoms with Crippen molar-refractivity contribution in [2.45, 2.75) is 65.3 Å². The Morgan fingerprint density at radius 1 is 1.22 bits per heavy atom. The molecule has 178 valence electrons. The van der Waals surface area contributed by atoms with Crippen LogP contribution in [0.3, 0.4) is 0 Å². The highest BCUT2D eigenvalue weighted by atomic mass is 16.5. The number of nitrogens with one attached hydrogen (secondary N) is 1. The van der Waals surface area contributed by atoms with E-state index in [9.17, 15) is 14.4 Å². The van der Waals surface area contributed by atoms with Crippen LogP contribution in [0.15, 0.2) is 0 Å². The molecule has 0 saturated carbocycles. The molecule has 2 amide bonds. The van der Waals surface area contributed by atoms with Crippen LogP contribution in [0, 0.1) is 5.92 Å². The molecule has 3 heterocycles. The summed E-state index contributed by atoms with van der Waals surface area (Å²) in [6.45, 7) is 7.63. The lowest BCUT2D eigenvalue weighted by Crippen LogP contribution is -2.39. The van der Waals surface area contributed by atoms with E-state index in [0.717, 1.165) is 30.5 Å². The summed E-state index contributed by atoms with van der Waals surface area (Å²) in [4.78, 5) is 38.4. The number of fused-ring (bicyclic) bond motifs is 1. The Kier molecular flexibility index (Phi) is 9.08. The number of esters is 1. The number of hydrogen-bond donors (Lipinski definition) is 1. The van der Waals surface area contributed by atoms with E-state index in [2.05, 4.69) is 5.32 Å². The largest absolute Gasteiger partial charge is 0.465 e. The van der Waals surface area contributed by atoms with Gasteiger partial charge in [-0.1, -0.05) is 0 Å². The molecule has 0 unspecified atom stereocenters. The summed E-state index contributed by atoms with van der Waals surface area (Å²) < 4.78 is 12.9. The number of nitrogens with zero attached hydrogens (tertiary/aromatic N) is 3. The first-order valence-electron chi connectivity index (χ1n) is 11.9. The summed E-state index contributed by atoms with van der Waals surface area (Å²) in [7, 11) is 0. The zero-order valence-corrected chi connectivity index (χ0v) is 19.4. The molecule has 9 nitrogen and oxygen atoms in total. The molecule has 0 aromatic carbocycles. The Morgan fingerprint density at radius 3 is 2.69 bits per heavy atom. The van der Waals surface area contributed by atoms with Gasteiger partial charge in [0.15, 0.2) is 0 Å². The van der Waals surface area contributed by atoms with Gasteiger partial charge in [0.1, 0.15) is 5.69 Å². The van der Waals surface area contributed by atoms with Gasteiger partial charge >= 0.3 is 5.97 Å². The van der Waals surface area contributed by atoms with Crippen LogP contribution in [-0.2, 0) is 38.4 Å². The third-order valence-corrected chi connectivity index (χ3v) is 6.19. The zero-order chi connectivity index (χ0) is 22.9. The van der Waals surface area contributed by atoms with Gasteiger partial charge in [0, 0.05) is 51.9 Å². The van der Waals surface area contributed by atoms with Gasteiger partial charge in [-0.3, -0.25) is 19.1 Å². The van der Waals surface area contributed by atoms with Crippen molar-refractivity contribution in [1.29, 1.82) is 0 Å². The molecule has 1 N–H and O–H groups in total.